The van der Waals surface area contributed by atoms with Crippen molar-refractivity contribution in [3.05, 3.63) is 92.5 Å². The molecule has 1 unspecified atom stereocenters. The van der Waals surface area contributed by atoms with E-state index in [1.807, 2.05) is 0 Å². The van der Waals surface area contributed by atoms with Crippen molar-refractivity contribution in [2.75, 3.05) is 0 Å². The summed E-state index contributed by atoms with van der Waals surface area (Å²) >= 11 is 0. The molecule has 0 radical (unpaired) electrons. The number of rotatable bonds is 10. The fourth-order valence-electron chi connectivity index (χ4n) is 16.5. The number of fused-ring (bicyclic) bond motifs is 1. The quantitative estimate of drug-likeness (QED) is 0.0263. The number of hydrogen-bond acceptors (Lipinski definition) is 13. The molecule has 0 bridgehead atoms. The van der Waals surface area contributed by atoms with E-state index in [0.29, 0.717) is 0 Å². The van der Waals surface area contributed by atoms with E-state index in [0.717, 1.165) is 25.1 Å². The van der Waals surface area contributed by atoms with Crippen LogP contribution in [0.25, 0.3) is 172 Å². The normalized spacial score (nSPS) is 14.2. The minimum Gasteiger partial charge on any atom is -0.507 e. The van der Waals surface area contributed by atoms with Gasteiger partial charge in [-0.1, -0.05) is 0 Å². The fraction of sp³-hybridized carbons (Fsp3) is 0.0317. The van der Waals surface area contributed by atoms with Gasteiger partial charge in [-0.05, 0) is 141 Å². The van der Waals surface area contributed by atoms with E-state index >= 15 is 0 Å². The third-order valence-electron chi connectivity index (χ3n) is 18.6. The van der Waals surface area contributed by atoms with Gasteiger partial charge in [0, 0.05) is 97.1 Å². The summed E-state index contributed by atoms with van der Waals surface area (Å²) in [7, 11) is 0. The monoisotopic (exact) mass is 1100 g/mol. The third-order valence-corrected chi connectivity index (χ3v) is 18.6. The van der Waals surface area contributed by atoms with E-state index < -0.39 is 142 Å². The molecule has 20 heteroatoms. The molecule has 0 fully saturated rings. The minimum absolute atomic E-state index is 0.00295. The van der Waals surface area contributed by atoms with E-state index in [-0.39, 0.29) is 163 Å². The molecule has 0 aromatic heterocycles. The Labute approximate surface area is 452 Å². The number of carbonyl (C=O) groups excluding carboxylic acids is 2. The number of ketones is 1. The molecule has 0 saturated carbocycles. The molecule has 394 valence electrons. The van der Waals surface area contributed by atoms with Crippen LogP contribution in [0.1, 0.15) is 96.5 Å². The second-order valence-electron chi connectivity index (χ2n) is 21.7. The number of aliphatic carboxylic acids is 1. The van der Waals surface area contributed by atoms with Gasteiger partial charge in [0.05, 0.1) is 27.8 Å². The van der Waals surface area contributed by atoms with Crippen LogP contribution < -0.4 is 4.74 Å². The topological polar surface area (TPSA) is 365 Å². The summed E-state index contributed by atoms with van der Waals surface area (Å²) in [6.45, 7) is 0.994. The maximum atomic E-state index is 14.9. The summed E-state index contributed by atoms with van der Waals surface area (Å²) in [5, 5.41) is 116. The predicted octanol–water partition coefficient (Wildman–Crippen LogP) is 11.7. The lowest BCUT2D eigenvalue weighted by Crippen LogP contribution is -2.21. The van der Waals surface area contributed by atoms with E-state index in [4.69, 9.17) is 4.74 Å². The Morgan fingerprint density at radius 1 is 0.386 bits per heavy atom. The van der Waals surface area contributed by atoms with Crippen LogP contribution in [0.4, 0.5) is 0 Å². The summed E-state index contributed by atoms with van der Waals surface area (Å²) in [4.78, 5) is 127. The molecule has 17 aromatic carbocycles. The molecular weight excluding hydrogens is 1080 g/mol. The summed E-state index contributed by atoms with van der Waals surface area (Å²) in [6.07, 6.45) is 0. The third kappa shape index (κ3) is 4.26. The van der Waals surface area contributed by atoms with Gasteiger partial charge in [-0.15, -0.1) is 0 Å². The molecule has 18 rings (SSSR count). The van der Waals surface area contributed by atoms with Crippen LogP contribution >= 0.6 is 0 Å². The van der Waals surface area contributed by atoms with Crippen LogP contribution in [0, 0.1) is 0 Å². The van der Waals surface area contributed by atoms with Crippen LogP contribution in [0.15, 0.2) is 42.5 Å². The van der Waals surface area contributed by atoms with Crippen molar-refractivity contribution in [1.82, 2.24) is 0 Å². The SMILES string of the molecule is CC(=O)c1c2c3c4c5c(cc(C(=O)O)cc5c(O)c5c(C(=O)O)c6c(C(=O)O)c7c(OC=O)cc8c(C(=O)O)cc9c%10c(O)ccc%11c(C(=O)O)c%12cc%13c(C(=O)O)c(O)c1c1c%13c%13c%12c(c%11%10)c%10c9c8c7c7c6c(c54)c(c31)c%13c7%10)C2C(=O)O. The van der Waals surface area contributed by atoms with Gasteiger partial charge in [0.25, 0.3) is 6.47 Å². The van der Waals surface area contributed by atoms with Gasteiger partial charge in [-0.2, -0.15) is 0 Å². The first kappa shape index (κ1) is 45.0. The molecule has 83 heavy (non-hydrogen) atoms. The van der Waals surface area contributed by atoms with Gasteiger partial charge in [-0.3, -0.25) is 14.4 Å². The zero-order valence-electron chi connectivity index (χ0n) is 41.3. The molecule has 1 atom stereocenters. The first-order chi connectivity index (χ1) is 39.7. The Kier molecular flexibility index (Phi) is 7.16. The number of benzene rings is 17. The number of ether oxygens (including phenoxy) is 1. The second-order valence-corrected chi connectivity index (χ2v) is 21.7. The maximum Gasteiger partial charge on any atom is 0.340 e. The second kappa shape index (κ2) is 13.2. The minimum atomic E-state index is -2.06. The van der Waals surface area contributed by atoms with Gasteiger partial charge in [0.2, 0.25) is 0 Å². The highest BCUT2D eigenvalue weighted by atomic mass is 16.5. The van der Waals surface area contributed by atoms with Crippen molar-refractivity contribution >= 4 is 226 Å². The summed E-state index contributed by atoms with van der Waals surface area (Å²) in [5.41, 5.74) is -5.35. The summed E-state index contributed by atoms with van der Waals surface area (Å²) in [6, 6.07) is 8.19. The number of Topliss-reactive ketones (excluding diaryl/α,β-unsaturated/α-hetero) is 1. The number of carbonyl (C=O) groups is 9. The fourth-order valence-corrected chi connectivity index (χ4v) is 16.5. The zero-order valence-corrected chi connectivity index (χ0v) is 41.3. The molecule has 1 aliphatic carbocycles. The lowest BCUT2D eigenvalue weighted by Gasteiger charge is -2.35. The van der Waals surface area contributed by atoms with Crippen LogP contribution in [0.2, 0.25) is 0 Å². The first-order valence-electron chi connectivity index (χ1n) is 25.2. The van der Waals surface area contributed by atoms with Crippen molar-refractivity contribution in [3.8, 4) is 23.0 Å². The molecule has 0 saturated heterocycles. The van der Waals surface area contributed by atoms with E-state index in [1.165, 1.54) is 24.3 Å². The highest BCUT2D eigenvalue weighted by molar-refractivity contribution is 6.67. The van der Waals surface area contributed by atoms with E-state index in [2.05, 4.69) is 0 Å². The van der Waals surface area contributed by atoms with Crippen LogP contribution in [-0.4, -0.2) is 105 Å². The molecule has 0 aliphatic heterocycles. The molecule has 17 aromatic rings. The van der Waals surface area contributed by atoms with Gasteiger partial charge in [0.15, 0.2) is 5.78 Å². The summed E-state index contributed by atoms with van der Waals surface area (Å²) < 4.78 is 5.64. The van der Waals surface area contributed by atoms with Gasteiger partial charge in [0.1, 0.15) is 34.5 Å². The molecule has 10 N–H and O–H groups in total. The number of hydrogen-bond donors (Lipinski definition) is 10. The largest absolute Gasteiger partial charge is 0.507 e. The predicted molar refractivity (Wildman–Crippen MR) is 300 cm³/mol. The Morgan fingerprint density at radius 2 is 0.867 bits per heavy atom. The van der Waals surface area contributed by atoms with Crippen molar-refractivity contribution in [2.45, 2.75) is 12.8 Å². The Balaban J connectivity index is 1.38. The zero-order chi connectivity index (χ0) is 57.5. The maximum absolute atomic E-state index is 14.9. The highest BCUT2D eigenvalue weighted by Crippen LogP contribution is 2.68. The smallest absolute Gasteiger partial charge is 0.340 e. The Hall–Kier alpha value is -11.9. The van der Waals surface area contributed by atoms with E-state index in [9.17, 15) is 94.2 Å². The average molecular weight is 1100 g/mol. The van der Waals surface area contributed by atoms with Gasteiger partial charge < -0.3 is 55.8 Å². The molecule has 20 nitrogen and oxygen atoms in total. The van der Waals surface area contributed by atoms with Crippen LogP contribution in [-0.2, 0) is 9.59 Å². The van der Waals surface area contributed by atoms with Crippen molar-refractivity contribution in [2.24, 2.45) is 0 Å². The van der Waals surface area contributed by atoms with Crippen LogP contribution in [0.3, 0.4) is 0 Å². The van der Waals surface area contributed by atoms with Crippen molar-refractivity contribution < 1.29 is 99.0 Å². The first-order valence-corrected chi connectivity index (χ1v) is 25.2. The number of phenols is 3. The lowest BCUT2D eigenvalue weighted by molar-refractivity contribution is -0.137. The number of phenolic OH excluding ortho intramolecular Hbond substituents is 2. The van der Waals surface area contributed by atoms with Crippen molar-refractivity contribution in [3.63, 3.8) is 0 Å². The molecule has 0 heterocycles. The number of carboxylic acids is 7. The number of aromatic hydroxyl groups is 3. The van der Waals surface area contributed by atoms with E-state index in [1.54, 1.807) is 0 Å². The van der Waals surface area contributed by atoms with Gasteiger partial charge >= 0.3 is 41.8 Å². The average Bonchev–Trinajstić information content (AvgIpc) is 0.652. The molecule has 0 spiro atoms. The lowest BCUT2D eigenvalue weighted by atomic mass is 9.66. The Morgan fingerprint density at radius 3 is 1.45 bits per heavy atom. The number of aromatic carboxylic acids is 6. The highest BCUT2D eigenvalue weighted by Gasteiger charge is 2.46. The van der Waals surface area contributed by atoms with Gasteiger partial charge in [-0.25, -0.2) is 28.8 Å². The standard InChI is InChI=1S/C63H22O20/c1-10(65)22-34-31(60(75)76)15-4-11(57(69)70)5-19-23(15)35-41(34)45-40-30-18(32(61(77)78)56(68)51(22)40)7-16-24(59(73)74)12-2-3-20(66)25-17-6-14(58(71)72)13-8-21(83-9-64)33-38-27(13)28(17)39-36(26(12)25)29(16)37(30)42-44(39)43(38)48-47(46(42)45)49(35)52(55(19)67)54(63(81)82)50(48)53(33)62(79)80/h2-9,31,66-68H,1H3,(H,69,70)(H,71,72)(H,73,74)(H,75,76)(H,77,78)(H,79,80)(H,81,82). The molecular formula is C63H22O20. The number of carboxylic acid groups (broad SMARTS) is 7. The molecule has 1 aliphatic rings. The van der Waals surface area contributed by atoms with Crippen LogP contribution in [0.5, 0.6) is 23.0 Å². The Bertz CT molecular complexity index is 6260. The van der Waals surface area contributed by atoms with Crippen molar-refractivity contribution in [1.29, 1.82) is 0 Å². The summed E-state index contributed by atoms with van der Waals surface area (Å²) in [5.74, 6) is -17.9. The molecule has 0 amide bonds.